The normalized spacial score (nSPS) is 18.1. The first-order valence-corrected chi connectivity index (χ1v) is 6.79. The second-order valence-corrected chi connectivity index (χ2v) is 4.95. The lowest BCUT2D eigenvalue weighted by molar-refractivity contribution is -0.120. The van der Waals surface area contributed by atoms with Gasteiger partial charge in [0, 0.05) is 44.1 Å². The Kier molecular flexibility index (Phi) is 6.47. The summed E-state index contributed by atoms with van der Waals surface area (Å²) in [6, 6.07) is 0. The number of nitrogens with one attached hydrogen (secondary N) is 1. The molecular weight excluding hydrogens is 216 g/mol. The highest BCUT2D eigenvalue weighted by Crippen LogP contribution is 2.07. The first-order valence-electron chi connectivity index (χ1n) is 5.00. The van der Waals surface area contributed by atoms with Gasteiger partial charge in [-0.3, -0.25) is 9.69 Å². The molecule has 5 heteroatoms. The lowest BCUT2D eigenvalue weighted by Gasteiger charge is -2.25. The van der Waals surface area contributed by atoms with Gasteiger partial charge in [-0.05, 0) is 5.75 Å². The SMILES string of the molecule is O=C(CCS)NCCN1CCSCC1. The Bertz CT molecular complexity index is 172. The van der Waals surface area contributed by atoms with Gasteiger partial charge in [-0.1, -0.05) is 0 Å². The molecule has 82 valence electrons. The van der Waals surface area contributed by atoms with Crippen LogP contribution in [-0.4, -0.2) is 54.2 Å². The van der Waals surface area contributed by atoms with Crippen LogP contribution in [0.2, 0.25) is 0 Å². The van der Waals surface area contributed by atoms with Crippen molar-refractivity contribution in [3.05, 3.63) is 0 Å². The quantitative estimate of drug-likeness (QED) is 0.678. The smallest absolute Gasteiger partial charge is 0.220 e. The molecule has 1 heterocycles. The number of nitrogens with zero attached hydrogens (tertiary/aromatic N) is 1. The summed E-state index contributed by atoms with van der Waals surface area (Å²) in [5.74, 6) is 3.20. The van der Waals surface area contributed by atoms with Gasteiger partial charge in [-0.2, -0.15) is 24.4 Å². The molecular formula is C9H18N2OS2. The maximum Gasteiger partial charge on any atom is 0.220 e. The summed E-state index contributed by atoms with van der Waals surface area (Å²) in [6.07, 6.45) is 0.527. The topological polar surface area (TPSA) is 32.3 Å². The molecule has 1 amide bonds. The molecule has 0 unspecified atom stereocenters. The van der Waals surface area contributed by atoms with Crippen molar-refractivity contribution in [3.63, 3.8) is 0 Å². The number of thioether (sulfide) groups is 1. The summed E-state index contributed by atoms with van der Waals surface area (Å²) in [7, 11) is 0. The minimum Gasteiger partial charge on any atom is -0.355 e. The zero-order valence-electron chi connectivity index (χ0n) is 8.37. The molecule has 0 saturated carbocycles. The molecule has 0 aromatic heterocycles. The first kappa shape index (κ1) is 12.2. The van der Waals surface area contributed by atoms with Crippen molar-refractivity contribution < 1.29 is 4.79 Å². The maximum atomic E-state index is 11.1. The molecule has 0 aliphatic carbocycles. The first-order chi connectivity index (χ1) is 6.83. The van der Waals surface area contributed by atoms with Crippen LogP contribution in [0.3, 0.4) is 0 Å². The van der Waals surface area contributed by atoms with E-state index in [0.29, 0.717) is 12.2 Å². The van der Waals surface area contributed by atoms with Crippen LogP contribution in [0.15, 0.2) is 0 Å². The molecule has 0 atom stereocenters. The van der Waals surface area contributed by atoms with Gasteiger partial charge in [0.2, 0.25) is 5.91 Å². The average molecular weight is 234 g/mol. The zero-order valence-corrected chi connectivity index (χ0v) is 10.1. The molecule has 3 nitrogen and oxygen atoms in total. The summed E-state index contributed by atoms with van der Waals surface area (Å²) in [4.78, 5) is 13.5. The van der Waals surface area contributed by atoms with Gasteiger partial charge in [0.25, 0.3) is 0 Å². The minimum atomic E-state index is 0.117. The predicted octanol–water partition coefficient (Wildman–Crippen LogP) is 0.471. The number of thiol groups is 1. The number of carbonyl (C=O) groups is 1. The summed E-state index contributed by atoms with van der Waals surface area (Å²) < 4.78 is 0. The Morgan fingerprint density at radius 3 is 2.79 bits per heavy atom. The largest absolute Gasteiger partial charge is 0.355 e. The molecule has 1 fully saturated rings. The van der Waals surface area contributed by atoms with Gasteiger partial charge >= 0.3 is 0 Å². The Balaban J connectivity index is 1.99. The number of rotatable bonds is 5. The Hall–Kier alpha value is 0.130. The third kappa shape index (κ3) is 5.12. The van der Waals surface area contributed by atoms with Crippen LogP contribution in [0.1, 0.15) is 6.42 Å². The lowest BCUT2D eigenvalue weighted by atomic mass is 10.4. The highest BCUT2D eigenvalue weighted by atomic mass is 32.2. The minimum absolute atomic E-state index is 0.117. The average Bonchev–Trinajstić information content (AvgIpc) is 2.20. The highest BCUT2D eigenvalue weighted by Gasteiger charge is 2.09. The Morgan fingerprint density at radius 1 is 1.43 bits per heavy atom. The standard InChI is InChI=1S/C9H18N2OS2/c12-9(1-6-13)10-2-3-11-4-7-14-8-5-11/h13H,1-8H2,(H,10,12). The summed E-state index contributed by atoms with van der Waals surface area (Å²) in [5.41, 5.74) is 0. The molecule has 1 N–H and O–H groups in total. The van der Waals surface area contributed by atoms with E-state index in [2.05, 4.69) is 22.8 Å². The molecule has 0 radical (unpaired) electrons. The molecule has 1 aliphatic rings. The Labute approximate surface area is 95.4 Å². The number of carbonyl (C=O) groups excluding carboxylic acids is 1. The van der Waals surface area contributed by atoms with Crippen molar-refractivity contribution >= 4 is 30.3 Å². The summed E-state index contributed by atoms with van der Waals surface area (Å²) in [6.45, 7) is 4.08. The van der Waals surface area contributed by atoms with Gasteiger partial charge in [0.15, 0.2) is 0 Å². The van der Waals surface area contributed by atoms with Crippen LogP contribution in [-0.2, 0) is 4.79 Å². The molecule has 1 saturated heterocycles. The maximum absolute atomic E-state index is 11.1. The van der Waals surface area contributed by atoms with E-state index < -0.39 is 0 Å². The van der Waals surface area contributed by atoms with E-state index in [9.17, 15) is 4.79 Å². The fourth-order valence-corrected chi connectivity index (χ4v) is 2.55. The summed E-state index contributed by atoms with van der Waals surface area (Å²) >= 11 is 6.02. The molecule has 0 aromatic carbocycles. The number of amides is 1. The van der Waals surface area contributed by atoms with E-state index >= 15 is 0 Å². The van der Waals surface area contributed by atoms with Crippen molar-refractivity contribution in [2.75, 3.05) is 43.4 Å². The molecule has 1 rings (SSSR count). The van der Waals surface area contributed by atoms with E-state index in [4.69, 9.17) is 0 Å². The zero-order chi connectivity index (χ0) is 10.2. The molecule has 0 bridgehead atoms. The van der Waals surface area contributed by atoms with Crippen molar-refractivity contribution in [1.29, 1.82) is 0 Å². The van der Waals surface area contributed by atoms with Crippen molar-refractivity contribution in [2.24, 2.45) is 0 Å². The van der Waals surface area contributed by atoms with Crippen LogP contribution in [0.5, 0.6) is 0 Å². The molecule has 14 heavy (non-hydrogen) atoms. The predicted molar refractivity (Wildman–Crippen MR) is 65.2 cm³/mol. The highest BCUT2D eigenvalue weighted by molar-refractivity contribution is 7.99. The van der Waals surface area contributed by atoms with Gasteiger partial charge < -0.3 is 5.32 Å². The third-order valence-corrected chi connectivity index (χ3v) is 3.36. The fraction of sp³-hybridized carbons (Fsp3) is 0.889. The number of hydrogen-bond acceptors (Lipinski definition) is 4. The molecule has 1 aliphatic heterocycles. The van der Waals surface area contributed by atoms with Gasteiger partial charge in [-0.15, -0.1) is 0 Å². The molecule has 0 aromatic rings. The fourth-order valence-electron chi connectivity index (χ4n) is 1.37. The van der Waals surface area contributed by atoms with Crippen molar-refractivity contribution in [2.45, 2.75) is 6.42 Å². The lowest BCUT2D eigenvalue weighted by Crippen LogP contribution is -2.39. The van der Waals surface area contributed by atoms with E-state index in [-0.39, 0.29) is 5.91 Å². The van der Waals surface area contributed by atoms with Crippen molar-refractivity contribution in [3.8, 4) is 0 Å². The van der Waals surface area contributed by atoms with E-state index in [1.807, 2.05) is 11.8 Å². The van der Waals surface area contributed by atoms with Gasteiger partial charge in [-0.25, -0.2) is 0 Å². The van der Waals surface area contributed by atoms with Gasteiger partial charge in [0.05, 0.1) is 0 Å². The van der Waals surface area contributed by atoms with Crippen molar-refractivity contribution in [1.82, 2.24) is 10.2 Å². The van der Waals surface area contributed by atoms with E-state index in [1.54, 1.807) is 0 Å². The van der Waals surface area contributed by atoms with Crippen LogP contribution >= 0.6 is 24.4 Å². The third-order valence-electron chi connectivity index (χ3n) is 2.19. The van der Waals surface area contributed by atoms with E-state index in [1.165, 1.54) is 11.5 Å². The monoisotopic (exact) mass is 234 g/mol. The van der Waals surface area contributed by atoms with Gasteiger partial charge in [0.1, 0.15) is 0 Å². The summed E-state index contributed by atoms with van der Waals surface area (Å²) in [5, 5.41) is 2.89. The van der Waals surface area contributed by atoms with E-state index in [0.717, 1.165) is 26.2 Å². The second-order valence-electron chi connectivity index (χ2n) is 3.28. The van der Waals surface area contributed by atoms with Crippen LogP contribution in [0.25, 0.3) is 0 Å². The van der Waals surface area contributed by atoms with Crippen LogP contribution in [0.4, 0.5) is 0 Å². The second kappa shape index (κ2) is 7.43. The molecule has 0 spiro atoms. The van der Waals surface area contributed by atoms with Crippen LogP contribution < -0.4 is 5.32 Å². The Morgan fingerprint density at radius 2 is 2.14 bits per heavy atom. The number of hydrogen-bond donors (Lipinski definition) is 2. The van der Waals surface area contributed by atoms with Crippen LogP contribution in [0, 0.1) is 0 Å².